The molecule has 18 heavy (non-hydrogen) atoms. The van der Waals surface area contributed by atoms with Crippen molar-refractivity contribution in [3.63, 3.8) is 0 Å². The maximum Gasteiger partial charge on any atom is 0.302 e. The van der Waals surface area contributed by atoms with Crippen molar-refractivity contribution in [3.05, 3.63) is 69.5 Å². The number of benzene rings is 1. The molecule has 0 spiro atoms. The van der Waals surface area contributed by atoms with Crippen molar-refractivity contribution in [1.82, 2.24) is 0 Å². The fraction of sp³-hybridized carbons (Fsp3) is 0.231. The zero-order valence-corrected chi connectivity index (χ0v) is 9.91. The third-order valence-electron chi connectivity index (χ3n) is 3.26. The molecule has 1 aliphatic carbocycles. The Kier molecular flexibility index (Phi) is 2.92. The molecule has 2 unspecified atom stereocenters. The molecule has 2 atom stereocenters. The Morgan fingerprint density at radius 3 is 2.56 bits per heavy atom. The summed E-state index contributed by atoms with van der Waals surface area (Å²) >= 11 is 0. The van der Waals surface area contributed by atoms with Crippen LogP contribution in [-0.2, 0) is 0 Å². The minimum Gasteiger partial charge on any atom is -0.508 e. The third kappa shape index (κ3) is 1.78. The molecule has 94 valence electrons. The van der Waals surface area contributed by atoms with Gasteiger partial charge in [-0.1, -0.05) is 30.3 Å². The molecule has 0 aromatic heterocycles. The SMILES string of the molecule is CC1=C(O)C=CC(N)([N+](=O)[O-])C1c1ccccc1. The first kappa shape index (κ1) is 12.3. The molecule has 2 rings (SSSR count). The number of allylic oxidation sites excluding steroid dienone is 1. The molecule has 0 saturated carbocycles. The van der Waals surface area contributed by atoms with Gasteiger partial charge >= 0.3 is 5.66 Å². The average Bonchev–Trinajstić information content (AvgIpc) is 2.36. The average molecular weight is 246 g/mol. The zero-order valence-electron chi connectivity index (χ0n) is 9.91. The largest absolute Gasteiger partial charge is 0.508 e. The van der Waals surface area contributed by atoms with E-state index in [4.69, 9.17) is 5.73 Å². The first-order valence-corrected chi connectivity index (χ1v) is 5.54. The van der Waals surface area contributed by atoms with Crippen molar-refractivity contribution in [3.8, 4) is 0 Å². The van der Waals surface area contributed by atoms with Crippen LogP contribution in [0.2, 0.25) is 0 Å². The number of nitrogens with two attached hydrogens (primary N) is 1. The number of hydrogen-bond acceptors (Lipinski definition) is 4. The second-order valence-electron chi connectivity index (χ2n) is 4.39. The lowest BCUT2D eigenvalue weighted by molar-refractivity contribution is -0.557. The molecule has 0 amide bonds. The Bertz CT molecular complexity index is 536. The molecule has 3 N–H and O–H groups in total. The van der Waals surface area contributed by atoms with Crippen LogP contribution in [-0.4, -0.2) is 15.7 Å². The van der Waals surface area contributed by atoms with Gasteiger partial charge in [-0.2, -0.15) is 0 Å². The molecule has 0 fully saturated rings. The molecule has 0 radical (unpaired) electrons. The van der Waals surface area contributed by atoms with Gasteiger partial charge in [0.05, 0.1) is 5.92 Å². The lowest BCUT2D eigenvalue weighted by Crippen LogP contribution is -2.52. The lowest BCUT2D eigenvalue weighted by atomic mass is 9.78. The minimum absolute atomic E-state index is 0.0341. The van der Waals surface area contributed by atoms with Gasteiger partial charge in [-0.25, -0.2) is 0 Å². The summed E-state index contributed by atoms with van der Waals surface area (Å²) in [6.07, 6.45) is 2.53. The van der Waals surface area contributed by atoms with Gasteiger partial charge in [0, 0.05) is 11.0 Å². The van der Waals surface area contributed by atoms with Gasteiger partial charge in [0.1, 0.15) is 5.76 Å². The lowest BCUT2D eigenvalue weighted by Gasteiger charge is -2.31. The standard InChI is InChI=1S/C13H14N2O3/c1-9-11(16)7-8-13(14,15(17)18)12(9)10-5-3-2-4-6-10/h2-8,12,16H,14H2,1H3. The monoisotopic (exact) mass is 246 g/mol. The van der Waals surface area contributed by atoms with Crippen LogP contribution in [0.3, 0.4) is 0 Å². The molecule has 5 heteroatoms. The van der Waals surface area contributed by atoms with Crippen molar-refractivity contribution in [2.24, 2.45) is 5.73 Å². The summed E-state index contributed by atoms with van der Waals surface area (Å²) in [5, 5.41) is 21.0. The molecule has 0 aliphatic heterocycles. The Labute approximate surface area is 104 Å². The summed E-state index contributed by atoms with van der Waals surface area (Å²) in [4.78, 5) is 10.7. The van der Waals surface area contributed by atoms with Gasteiger partial charge in [0.15, 0.2) is 0 Å². The van der Waals surface area contributed by atoms with Crippen molar-refractivity contribution in [2.75, 3.05) is 0 Å². The maximum absolute atomic E-state index is 11.2. The van der Waals surface area contributed by atoms with Crippen LogP contribution in [0, 0.1) is 10.1 Å². The van der Waals surface area contributed by atoms with E-state index in [2.05, 4.69) is 0 Å². The number of aliphatic hydroxyl groups is 1. The summed E-state index contributed by atoms with van der Waals surface area (Å²) in [6.45, 7) is 1.65. The Morgan fingerprint density at radius 2 is 2.00 bits per heavy atom. The molecular formula is C13H14N2O3. The molecule has 1 aromatic carbocycles. The summed E-state index contributed by atoms with van der Waals surface area (Å²) < 4.78 is 0. The maximum atomic E-state index is 11.2. The zero-order chi connectivity index (χ0) is 13.3. The second kappa shape index (κ2) is 4.27. The van der Waals surface area contributed by atoms with E-state index in [1.807, 2.05) is 6.07 Å². The molecular weight excluding hydrogens is 232 g/mol. The van der Waals surface area contributed by atoms with Gasteiger partial charge in [0.2, 0.25) is 0 Å². The number of nitrogens with zero attached hydrogens (tertiary/aromatic N) is 1. The molecule has 0 saturated heterocycles. The van der Waals surface area contributed by atoms with Crippen molar-refractivity contribution >= 4 is 0 Å². The van der Waals surface area contributed by atoms with E-state index in [1.54, 1.807) is 31.2 Å². The van der Waals surface area contributed by atoms with Crippen molar-refractivity contribution < 1.29 is 10.0 Å². The molecule has 1 aliphatic rings. The molecule has 0 bridgehead atoms. The van der Waals surface area contributed by atoms with E-state index in [-0.39, 0.29) is 5.76 Å². The predicted octanol–water partition coefficient (Wildman–Crippen LogP) is 2.10. The summed E-state index contributed by atoms with van der Waals surface area (Å²) in [7, 11) is 0. The number of aliphatic hydroxyl groups excluding tert-OH is 1. The van der Waals surface area contributed by atoms with Gasteiger partial charge < -0.3 is 5.11 Å². The molecule has 1 aromatic rings. The highest BCUT2D eigenvalue weighted by atomic mass is 16.6. The Morgan fingerprint density at radius 1 is 1.39 bits per heavy atom. The second-order valence-corrected chi connectivity index (χ2v) is 4.39. The Hall–Kier alpha value is -2.14. The van der Waals surface area contributed by atoms with Crippen LogP contribution >= 0.6 is 0 Å². The van der Waals surface area contributed by atoms with Gasteiger partial charge in [0.25, 0.3) is 0 Å². The fourth-order valence-corrected chi connectivity index (χ4v) is 2.26. The third-order valence-corrected chi connectivity index (χ3v) is 3.26. The van der Waals surface area contributed by atoms with E-state index in [0.29, 0.717) is 11.1 Å². The summed E-state index contributed by atoms with van der Waals surface area (Å²) in [5.41, 5.74) is 5.39. The first-order valence-electron chi connectivity index (χ1n) is 5.54. The van der Waals surface area contributed by atoms with E-state index in [1.165, 1.54) is 12.2 Å². The van der Waals surface area contributed by atoms with E-state index in [9.17, 15) is 15.2 Å². The van der Waals surface area contributed by atoms with Crippen molar-refractivity contribution in [1.29, 1.82) is 0 Å². The van der Waals surface area contributed by atoms with Crippen LogP contribution < -0.4 is 5.73 Å². The highest BCUT2D eigenvalue weighted by molar-refractivity contribution is 5.41. The van der Waals surface area contributed by atoms with Crippen molar-refractivity contribution in [2.45, 2.75) is 18.5 Å². The van der Waals surface area contributed by atoms with E-state index < -0.39 is 16.5 Å². The number of rotatable bonds is 2. The number of nitro groups is 1. The van der Waals surface area contributed by atoms with E-state index >= 15 is 0 Å². The number of hydrogen-bond donors (Lipinski definition) is 2. The fourth-order valence-electron chi connectivity index (χ4n) is 2.26. The highest BCUT2D eigenvalue weighted by Crippen LogP contribution is 2.39. The van der Waals surface area contributed by atoms with Crippen LogP contribution in [0.4, 0.5) is 0 Å². The van der Waals surface area contributed by atoms with Gasteiger partial charge in [-0.05, 0) is 24.1 Å². The molecule has 5 nitrogen and oxygen atoms in total. The Balaban J connectivity index is 2.59. The minimum atomic E-state index is -1.72. The van der Waals surface area contributed by atoms with Crippen LogP contribution in [0.5, 0.6) is 0 Å². The molecule has 0 heterocycles. The smallest absolute Gasteiger partial charge is 0.302 e. The van der Waals surface area contributed by atoms with E-state index in [0.717, 1.165) is 0 Å². The van der Waals surface area contributed by atoms with Crippen LogP contribution in [0.15, 0.2) is 53.8 Å². The van der Waals surface area contributed by atoms with Crippen LogP contribution in [0.25, 0.3) is 0 Å². The topological polar surface area (TPSA) is 89.4 Å². The summed E-state index contributed by atoms with van der Waals surface area (Å²) in [5.74, 6) is -0.634. The summed E-state index contributed by atoms with van der Waals surface area (Å²) in [6, 6.07) is 8.94. The quantitative estimate of drug-likeness (QED) is 0.475. The first-order chi connectivity index (χ1) is 8.47. The normalized spacial score (nSPS) is 27.3. The van der Waals surface area contributed by atoms with Crippen LogP contribution in [0.1, 0.15) is 18.4 Å². The predicted molar refractivity (Wildman–Crippen MR) is 67.6 cm³/mol. The highest BCUT2D eigenvalue weighted by Gasteiger charge is 2.48. The van der Waals surface area contributed by atoms with Gasteiger partial charge in [-0.15, -0.1) is 0 Å². The van der Waals surface area contributed by atoms with Gasteiger partial charge in [-0.3, -0.25) is 15.8 Å².